The van der Waals surface area contributed by atoms with E-state index < -0.39 is 22.4 Å². The fourth-order valence-electron chi connectivity index (χ4n) is 2.72. The van der Waals surface area contributed by atoms with Crippen LogP contribution in [-0.4, -0.2) is 23.3 Å². The largest absolute Gasteiger partial charge is 0.493 e. The topological polar surface area (TPSA) is 141 Å². The van der Waals surface area contributed by atoms with E-state index in [0.29, 0.717) is 23.3 Å². The third-order valence-corrected chi connectivity index (χ3v) is 4.25. The van der Waals surface area contributed by atoms with Crippen molar-refractivity contribution in [2.24, 2.45) is 0 Å². The molecule has 0 saturated heterocycles. The number of fused-ring (bicyclic) bond motifs is 1. The van der Waals surface area contributed by atoms with Crippen LogP contribution in [0.3, 0.4) is 0 Å². The Balaban J connectivity index is 1.64. The zero-order chi connectivity index (χ0) is 22.4. The van der Waals surface area contributed by atoms with Crippen LogP contribution < -0.4 is 21.2 Å². The summed E-state index contributed by atoms with van der Waals surface area (Å²) in [7, 11) is 0. The fraction of sp³-hybridized carbons (Fsp3) is 0.190. The molecule has 0 unspecified atom stereocenters. The van der Waals surface area contributed by atoms with Crippen LogP contribution in [0.15, 0.2) is 57.7 Å². The normalized spacial score (nSPS) is 10.5. The van der Waals surface area contributed by atoms with Crippen molar-refractivity contribution >= 4 is 28.5 Å². The molecule has 0 atom stereocenters. The predicted octanol–water partition coefficient (Wildman–Crippen LogP) is 2.49. The minimum atomic E-state index is -0.859. The zero-order valence-corrected chi connectivity index (χ0v) is 16.5. The van der Waals surface area contributed by atoms with Crippen molar-refractivity contribution in [1.82, 2.24) is 10.9 Å². The number of nitro benzene ring substituents is 1. The maximum Gasteiger partial charge on any atom is 0.349 e. The second-order valence-electron chi connectivity index (χ2n) is 6.60. The highest BCUT2D eigenvalue weighted by Gasteiger charge is 2.15. The first-order valence-corrected chi connectivity index (χ1v) is 9.40. The molecular weight excluding hydrogens is 406 g/mol. The van der Waals surface area contributed by atoms with Crippen molar-refractivity contribution in [2.75, 3.05) is 6.61 Å². The number of hydrazine groups is 1. The number of carbonyl (C=O) groups is 2. The summed E-state index contributed by atoms with van der Waals surface area (Å²) in [5, 5.41) is 11.2. The molecule has 0 aliphatic carbocycles. The number of non-ortho nitro benzene ring substituents is 1. The first-order chi connectivity index (χ1) is 14.9. The predicted molar refractivity (Wildman–Crippen MR) is 111 cm³/mol. The van der Waals surface area contributed by atoms with E-state index in [9.17, 15) is 24.5 Å². The Morgan fingerprint density at radius 1 is 1.10 bits per heavy atom. The lowest BCUT2D eigenvalue weighted by molar-refractivity contribution is -0.384. The molecule has 0 radical (unpaired) electrons. The first-order valence-electron chi connectivity index (χ1n) is 9.40. The van der Waals surface area contributed by atoms with Gasteiger partial charge in [-0.25, -0.2) is 4.79 Å². The molecule has 2 amide bonds. The Morgan fingerprint density at radius 3 is 2.52 bits per heavy atom. The van der Waals surface area contributed by atoms with Crippen LogP contribution >= 0.6 is 0 Å². The summed E-state index contributed by atoms with van der Waals surface area (Å²) in [4.78, 5) is 46.6. The van der Waals surface area contributed by atoms with Gasteiger partial charge in [-0.15, -0.1) is 0 Å². The van der Waals surface area contributed by atoms with Gasteiger partial charge in [-0.2, -0.15) is 0 Å². The molecule has 160 valence electrons. The Morgan fingerprint density at radius 2 is 1.84 bits per heavy atom. The van der Waals surface area contributed by atoms with Crippen LogP contribution in [0.1, 0.15) is 29.3 Å². The van der Waals surface area contributed by atoms with Crippen molar-refractivity contribution in [1.29, 1.82) is 0 Å². The Hall–Kier alpha value is -4.21. The van der Waals surface area contributed by atoms with Gasteiger partial charge in [-0.05, 0) is 30.2 Å². The minimum Gasteiger partial charge on any atom is -0.493 e. The SMILES string of the molecule is CCCOc1ccc2cc(C(=O)NNC(=O)Cc3ccc([N+](=O)[O-])cc3)c(=O)oc2c1. The quantitative estimate of drug-likeness (QED) is 0.336. The van der Waals surface area contributed by atoms with Gasteiger partial charge in [0.2, 0.25) is 5.91 Å². The summed E-state index contributed by atoms with van der Waals surface area (Å²) in [5.41, 5.74) is 3.93. The van der Waals surface area contributed by atoms with Crippen molar-refractivity contribution in [3.05, 3.63) is 80.2 Å². The Bertz CT molecular complexity index is 1190. The molecule has 10 nitrogen and oxygen atoms in total. The molecule has 10 heteroatoms. The molecule has 0 spiro atoms. The average Bonchev–Trinajstić information content (AvgIpc) is 2.75. The molecule has 0 saturated carbocycles. The fourth-order valence-corrected chi connectivity index (χ4v) is 2.72. The number of hydrogen-bond acceptors (Lipinski definition) is 7. The molecule has 0 bridgehead atoms. The Labute approximate surface area is 175 Å². The van der Waals surface area contributed by atoms with Crippen LogP contribution in [0.4, 0.5) is 5.69 Å². The molecule has 0 aliphatic rings. The van der Waals surface area contributed by atoms with Gasteiger partial charge < -0.3 is 9.15 Å². The number of rotatable bonds is 7. The average molecular weight is 425 g/mol. The number of amides is 2. The van der Waals surface area contributed by atoms with E-state index >= 15 is 0 Å². The lowest BCUT2D eigenvalue weighted by atomic mass is 10.1. The van der Waals surface area contributed by atoms with Gasteiger partial charge in [0, 0.05) is 23.6 Å². The van der Waals surface area contributed by atoms with Crippen LogP contribution in [0.2, 0.25) is 0 Å². The van der Waals surface area contributed by atoms with Crippen LogP contribution in [0.25, 0.3) is 11.0 Å². The van der Waals surface area contributed by atoms with E-state index in [-0.39, 0.29) is 23.3 Å². The minimum absolute atomic E-state index is 0.0930. The lowest BCUT2D eigenvalue weighted by Gasteiger charge is -2.08. The molecule has 3 aromatic rings. The van der Waals surface area contributed by atoms with E-state index in [4.69, 9.17) is 9.15 Å². The molecule has 0 fully saturated rings. The van der Waals surface area contributed by atoms with Crippen LogP contribution in [0.5, 0.6) is 5.75 Å². The highest BCUT2D eigenvalue weighted by atomic mass is 16.6. The molecular formula is C21H19N3O7. The van der Waals surface area contributed by atoms with Crippen molar-refractivity contribution in [3.8, 4) is 5.75 Å². The van der Waals surface area contributed by atoms with E-state index in [1.807, 2.05) is 6.92 Å². The standard InChI is InChI=1S/C21H19N3O7/c1-2-9-30-16-8-5-14-11-17(21(27)31-18(14)12-16)20(26)23-22-19(25)10-13-3-6-15(7-4-13)24(28)29/h3-8,11-12H,2,9-10H2,1H3,(H,22,25)(H,23,26). The summed E-state index contributed by atoms with van der Waals surface area (Å²) in [5.74, 6) is -0.850. The van der Waals surface area contributed by atoms with Gasteiger partial charge in [-0.1, -0.05) is 19.1 Å². The van der Waals surface area contributed by atoms with Gasteiger partial charge >= 0.3 is 5.63 Å². The highest BCUT2D eigenvalue weighted by Crippen LogP contribution is 2.20. The lowest BCUT2D eigenvalue weighted by Crippen LogP contribution is -2.43. The van der Waals surface area contributed by atoms with Crippen LogP contribution in [0, 0.1) is 10.1 Å². The van der Waals surface area contributed by atoms with Crippen molar-refractivity contribution < 1.29 is 23.7 Å². The summed E-state index contributed by atoms with van der Waals surface area (Å²) < 4.78 is 10.7. The molecule has 0 aliphatic heterocycles. The maximum atomic E-state index is 12.3. The maximum absolute atomic E-state index is 12.3. The first kappa shape index (κ1) is 21.5. The third kappa shape index (κ3) is 5.44. The summed E-state index contributed by atoms with van der Waals surface area (Å²) >= 11 is 0. The number of benzene rings is 2. The van der Waals surface area contributed by atoms with Gasteiger partial charge in [0.25, 0.3) is 11.6 Å². The monoisotopic (exact) mass is 425 g/mol. The van der Waals surface area contributed by atoms with E-state index in [1.54, 1.807) is 18.2 Å². The summed E-state index contributed by atoms with van der Waals surface area (Å²) in [6.45, 7) is 2.49. The number of ether oxygens (including phenoxy) is 1. The molecule has 2 aromatic carbocycles. The molecule has 1 heterocycles. The van der Waals surface area contributed by atoms with E-state index in [2.05, 4.69) is 10.9 Å². The second kappa shape index (κ2) is 9.53. The summed E-state index contributed by atoms with van der Waals surface area (Å²) in [6.07, 6.45) is 0.710. The third-order valence-electron chi connectivity index (χ3n) is 4.25. The molecule has 1 aromatic heterocycles. The van der Waals surface area contributed by atoms with E-state index in [1.165, 1.54) is 30.3 Å². The van der Waals surface area contributed by atoms with Gasteiger partial charge in [0.15, 0.2) is 0 Å². The zero-order valence-electron chi connectivity index (χ0n) is 16.5. The molecule has 31 heavy (non-hydrogen) atoms. The molecule has 2 N–H and O–H groups in total. The van der Waals surface area contributed by atoms with Gasteiger partial charge in [0.05, 0.1) is 18.0 Å². The second-order valence-corrected chi connectivity index (χ2v) is 6.60. The number of nitro groups is 1. The number of nitrogens with zero attached hydrogens (tertiary/aromatic N) is 1. The number of carbonyl (C=O) groups excluding carboxylic acids is 2. The van der Waals surface area contributed by atoms with Gasteiger partial charge in [-0.3, -0.25) is 30.6 Å². The van der Waals surface area contributed by atoms with Crippen LogP contribution in [-0.2, 0) is 11.2 Å². The van der Waals surface area contributed by atoms with Crippen molar-refractivity contribution in [3.63, 3.8) is 0 Å². The smallest absolute Gasteiger partial charge is 0.349 e. The Kier molecular flexibility index (Phi) is 6.61. The van der Waals surface area contributed by atoms with Gasteiger partial charge in [0.1, 0.15) is 16.9 Å². The summed E-state index contributed by atoms with van der Waals surface area (Å²) in [6, 6.07) is 11.7. The highest BCUT2D eigenvalue weighted by molar-refractivity contribution is 5.97. The number of hydrogen-bond donors (Lipinski definition) is 2. The number of nitrogens with one attached hydrogen (secondary N) is 2. The molecule has 3 rings (SSSR count). The van der Waals surface area contributed by atoms with Crippen molar-refractivity contribution in [2.45, 2.75) is 19.8 Å². The van der Waals surface area contributed by atoms with E-state index in [0.717, 1.165) is 6.42 Å².